The summed E-state index contributed by atoms with van der Waals surface area (Å²) >= 11 is 0. The van der Waals surface area contributed by atoms with Crippen LogP contribution in [-0.4, -0.2) is 52.3 Å². The lowest BCUT2D eigenvalue weighted by atomic mass is 10.0. The van der Waals surface area contributed by atoms with Gasteiger partial charge in [-0.3, -0.25) is 24.1 Å². The molecule has 20 heavy (non-hydrogen) atoms. The van der Waals surface area contributed by atoms with Crippen LogP contribution < -0.4 is 11.1 Å². The summed E-state index contributed by atoms with van der Waals surface area (Å²) in [5.74, 6) is -3.25. The normalized spacial score (nSPS) is 19.8. The maximum Gasteiger partial charge on any atom is 0.323 e. The lowest BCUT2D eigenvalue weighted by Gasteiger charge is -2.18. The zero-order chi connectivity index (χ0) is 14.7. The zero-order valence-electron chi connectivity index (χ0n) is 11.2. The minimum atomic E-state index is -1.28. The number of carbonyl (C=O) groups is 4. The summed E-state index contributed by atoms with van der Waals surface area (Å²) < 4.78 is 0. The fourth-order valence-electron chi connectivity index (χ4n) is 1.67. The van der Waals surface area contributed by atoms with Gasteiger partial charge in [0.15, 0.2) is 0 Å². The van der Waals surface area contributed by atoms with Crippen LogP contribution in [0.5, 0.6) is 0 Å². The van der Waals surface area contributed by atoms with Gasteiger partial charge in [0.05, 0.1) is 12.5 Å². The number of likely N-dealkylation sites (tertiary alicyclic amines) is 1. The van der Waals surface area contributed by atoms with Crippen molar-refractivity contribution < 1.29 is 24.3 Å². The molecule has 4 N–H and O–H groups in total. The average molecular weight is 308 g/mol. The molecule has 114 valence electrons. The lowest BCUT2D eigenvalue weighted by molar-refractivity contribution is -0.148. The van der Waals surface area contributed by atoms with E-state index in [-0.39, 0.29) is 24.7 Å². The Morgan fingerprint density at radius 3 is 2.45 bits per heavy atom. The van der Waals surface area contributed by atoms with Gasteiger partial charge in [-0.15, -0.1) is 12.4 Å². The minimum Gasteiger partial charge on any atom is -0.480 e. The number of nitrogens with two attached hydrogens (primary N) is 1. The summed E-state index contributed by atoms with van der Waals surface area (Å²) in [6.07, 6.45) is -0.233. The molecule has 8 nitrogen and oxygen atoms in total. The van der Waals surface area contributed by atoms with Crippen molar-refractivity contribution >= 4 is 36.1 Å². The molecular formula is C11H18ClN3O5. The lowest BCUT2D eigenvalue weighted by Crippen LogP contribution is -2.50. The van der Waals surface area contributed by atoms with Gasteiger partial charge in [0.25, 0.3) is 5.91 Å². The van der Waals surface area contributed by atoms with E-state index in [9.17, 15) is 19.2 Å². The number of halogens is 1. The van der Waals surface area contributed by atoms with Crippen LogP contribution in [0.2, 0.25) is 0 Å². The molecule has 0 unspecified atom stereocenters. The molecule has 1 fully saturated rings. The Bertz CT molecular complexity index is 426. The van der Waals surface area contributed by atoms with E-state index in [0.29, 0.717) is 4.90 Å². The molecule has 0 aromatic rings. The van der Waals surface area contributed by atoms with E-state index in [2.05, 4.69) is 5.32 Å². The van der Waals surface area contributed by atoms with Crippen molar-refractivity contribution in [2.45, 2.75) is 32.4 Å². The third-order valence-electron chi connectivity index (χ3n) is 2.87. The van der Waals surface area contributed by atoms with Crippen molar-refractivity contribution in [3.63, 3.8) is 0 Å². The van der Waals surface area contributed by atoms with Crippen LogP contribution in [0.4, 0.5) is 0 Å². The molecule has 1 aliphatic heterocycles. The van der Waals surface area contributed by atoms with Crippen LogP contribution in [0.15, 0.2) is 0 Å². The summed E-state index contributed by atoms with van der Waals surface area (Å²) in [6.45, 7) is 2.81. The quantitative estimate of drug-likeness (QED) is 0.542. The number of carboxylic acids is 1. The fourth-order valence-corrected chi connectivity index (χ4v) is 1.67. The van der Waals surface area contributed by atoms with E-state index in [1.54, 1.807) is 13.8 Å². The highest BCUT2D eigenvalue weighted by Gasteiger charge is 2.40. The largest absolute Gasteiger partial charge is 0.480 e. The number of imide groups is 1. The summed E-state index contributed by atoms with van der Waals surface area (Å²) in [7, 11) is 0. The Hall–Kier alpha value is -1.67. The van der Waals surface area contributed by atoms with E-state index in [4.69, 9.17) is 10.8 Å². The van der Waals surface area contributed by atoms with E-state index < -0.39 is 42.3 Å². The minimum absolute atomic E-state index is 0. The molecule has 1 saturated heterocycles. The van der Waals surface area contributed by atoms with E-state index in [1.165, 1.54) is 0 Å². The van der Waals surface area contributed by atoms with Crippen LogP contribution >= 0.6 is 12.4 Å². The first-order valence-electron chi connectivity index (χ1n) is 5.86. The molecule has 0 aromatic carbocycles. The Morgan fingerprint density at radius 2 is 2.00 bits per heavy atom. The Labute approximate surface area is 122 Å². The second-order valence-corrected chi connectivity index (χ2v) is 4.75. The second-order valence-electron chi connectivity index (χ2n) is 4.75. The van der Waals surface area contributed by atoms with Gasteiger partial charge in [-0.05, 0) is 5.92 Å². The summed E-state index contributed by atoms with van der Waals surface area (Å²) in [4.78, 5) is 46.1. The van der Waals surface area contributed by atoms with Crippen molar-refractivity contribution in [2.24, 2.45) is 11.7 Å². The van der Waals surface area contributed by atoms with Gasteiger partial charge >= 0.3 is 5.97 Å². The number of nitrogens with zero attached hydrogens (tertiary/aromatic N) is 1. The third kappa shape index (κ3) is 4.17. The number of carboxylic acid groups (broad SMARTS) is 1. The number of hydrogen-bond acceptors (Lipinski definition) is 5. The predicted octanol–water partition coefficient (Wildman–Crippen LogP) is -1.28. The molecule has 0 spiro atoms. The SMILES string of the molecule is CC(C)[C@H](N)C(=O)N[C@H]1CC(=O)N(CC(=O)O)C1=O.Cl. The van der Waals surface area contributed by atoms with Gasteiger partial charge in [-0.2, -0.15) is 0 Å². The molecule has 2 atom stereocenters. The predicted molar refractivity (Wildman–Crippen MR) is 71.0 cm³/mol. The maximum absolute atomic E-state index is 11.8. The molecule has 3 amide bonds. The van der Waals surface area contributed by atoms with Gasteiger partial charge < -0.3 is 16.2 Å². The number of hydrogen-bond donors (Lipinski definition) is 3. The number of aliphatic carboxylic acids is 1. The molecule has 0 aromatic heterocycles. The van der Waals surface area contributed by atoms with Crippen LogP contribution in [-0.2, 0) is 19.2 Å². The Morgan fingerprint density at radius 1 is 1.45 bits per heavy atom. The van der Waals surface area contributed by atoms with E-state index >= 15 is 0 Å². The van der Waals surface area contributed by atoms with Crippen molar-refractivity contribution in [3.05, 3.63) is 0 Å². The number of rotatable bonds is 5. The molecule has 1 aliphatic rings. The zero-order valence-corrected chi connectivity index (χ0v) is 12.0. The highest BCUT2D eigenvalue weighted by atomic mass is 35.5. The highest BCUT2D eigenvalue weighted by molar-refractivity contribution is 6.08. The first kappa shape index (κ1) is 18.3. The number of nitrogens with one attached hydrogen (secondary N) is 1. The molecule has 0 radical (unpaired) electrons. The molecule has 0 aliphatic carbocycles. The van der Waals surface area contributed by atoms with Gasteiger partial charge in [0.1, 0.15) is 12.6 Å². The van der Waals surface area contributed by atoms with Gasteiger partial charge in [0, 0.05) is 0 Å². The standard InChI is InChI=1S/C11H17N3O5.ClH/c1-5(2)9(12)10(18)13-6-3-7(15)14(11(6)19)4-8(16)17;/h5-6,9H,3-4,12H2,1-2H3,(H,13,18)(H,16,17);1H/t6-,9-;/m0./s1. The monoisotopic (exact) mass is 307 g/mol. The topological polar surface area (TPSA) is 130 Å². The first-order chi connectivity index (χ1) is 8.73. The molecule has 9 heteroatoms. The van der Waals surface area contributed by atoms with Crippen molar-refractivity contribution in [3.8, 4) is 0 Å². The molecule has 1 rings (SSSR count). The smallest absolute Gasteiger partial charge is 0.323 e. The van der Waals surface area contributed by atoms with Crippen molar-refractivity contribution in [2.75, 3.05) is 6.54 Å². The van der Waals surface area contributed by atoms with Gasteiger partial charge in [0.2, 0.25) is 11.8 Å². The van der Waals surface area contributed by atoms with E-state index in [0.717, 1.165) is 0 Å². The van der Waals surface area contributed by atoms with Crippen LogP contribution in [0, 0.1) is 5.92 Å². The van der Waals surface area contributed by atoms with Crippen LogP contribution in [0.1, 0.15) is 20.3 Å². The highest BCUT2D eigenvalue weighted by Crippen LogP contribution is 2.13. The van der Waals surface area contributed by atoms with E-state index in [1.807, 2.05) is 0 Å². The number of carbonyl (C=O) groups excluding carboxylic acids is 3. The molecule has 0 saturated carbocycles. The third-order valence-corrected chi connectivity index (χ3v) is 2.87. The number of amides is 3. The van der Waals surface area contributed by atoms with Crippen molar-refractivity contribution in [1.82, 2.24) is 10.2 Å². The molecular weight excluding hydrogens is 290 g/mol. The summed E-state index contributed by atoms with van der Waals surface area (Å²) in [5, 5.41) is 11.0. The molecule has 0 bridgehead atoms. The van der Waals surface area contributed by atoms with Gasteiger partial charge in [-0.1, -0.05) is 13.8 Å². The Balaban J connectivity index is 0.00000361. The second kappa shape index (κ2) is 7.20. The summed E-state index contributed by atoms with van der Waals surface area (Å²) in [5.41, 5.74) is 5.62. The maximum atomic E-state index is 11.8. The first-order valence-corrected chi connectivity index (χ1v) is 5.86. The summed E-state index contributed by atoms with van der Waals surface area (Å²) in [6, 6.07) is -1.81. The Kier molecular flexibility index (Phi) is 6.60. The van der Waals surface area contributed by atoms with Crippen molar-refractivity contribution in [1.29, 1.82) is 0 Å². The van der Waals surface area contributed by atoms with Crippen LogP contribution in [0.3, 0.4) is 0 Å². The van der Waals surface area contributed by atoms with Crippen LogP contribution in [0.25, 0.3) is 0 Å². The molecule has 1 heterocycles. The fraction of sp³-hybridized carbons (Fsp3) is 0.636. The van der Waals surface area contributed by atoms with Gasteiger partial charge in [-0.25, -0.2) is 0 Å². The average Bonchev–Trinajstić information content (AvgIpc) is 2.55.